The van der Waals surface area contributed by atoms with E-state index >= 15 is 0 Å². The number of carbonyl (C=O) groups excluding carboxylic acids is 3. The Balaban J connectivity index is 0.000000199. The molecule has 3 aromatic rings. The van der Waals surface area contributed by atoms with Gasteiger partial charge >= 0.3 is 0 Å². The number of carbonyl (C=O) groups is 3. The van der Waals surface area contributed by atoms with Crippen molar-refractivity contribution in [1.29, 1.82) is 0 Å². The molecule has 9 nitrogen and oxygen atoms in total. The lowest BCUT2D eigenvalue weighted by atomic mass is 9.79. The fourth-order valence-corrected chi connectivity index (χ4v) is 10.3. The molecule has 9 heteroatoms. The number of aromatic nitrogens is 2. The molecule has 2 saturated heterocycles. The molecule has 3 atom stereocenters. The largest absolute Gasteiger partial charge is 0.368 e. The van der Waals surface area contributed by atoms with E-state index in [1.807, 2.05) is 29.4 Å². The number of imide groups is 1. The van der Waals surface area contributed by atoms with Crippen molar-refractivity contribution in [3.63, 3.8) is 0 Å². The summed E-state index contributed by atoms with van der Waals surface area (Å²) in [5.41, 5.74) is 5.10. The summed E-state index contributed by atoms with van der Waals surface area (Å²) in [6.07, 6.45) is 25.2. The van der Waals surface area contributed by atoms with E-state index in [0.717, 1.165) is 51.7 Å². The van der Waals surface area contributed by atoms with Gasteiger partial charge < -0.3 is 20.2 Å². The number of nitrogens with one attached hydrogen (secondary N) is 3. The Morgan fingerprint density at radius 3 is 2.03 bits per heavy atom. The summed E-state index contributed by atoms with van der Waals surface area (Å²) in [6.45, 7) is 17.4. The Labute approximate surface area is 350 Å². The summed E-state index contributed by atoms with van der Waals surface area (Å²) in [6, 6.07) is 10.7. The summed E-state index contributed by atoms with van der Waals surface area (Å²) >= 11 is 0. The van der Waals surface area contributed by atoms with Crippen LogP contribution in [0, 0.1) is 11.8 Å². The molecule has 0 saturated carbocycles. The van der Waals surface area contributed by atoms with Crippen LogP contribution in [0.25, 0.3) is 16.5 Å². The number of likely N-dealkylation sites (N-methyl/N-ethyl adjacent to an activating group) is 1. The van der Waals surface area contributed by atoms with Crippen LogP contribution in [-0.4, -0.2) is 92.2 Å². The highest BCUT2D eigenvalue weighted by molar-refractivity contribution is 6.04. The van der Waals surface area contributed by atoms with Crippen LogP contribution in [0.2, 0.25) is 0 Å². The van der Waals surface area contributed by atoms with Gasteiger partial charge in [-0.15, -0.1) is 0 Å². The standard InChI is InChI=1S/C25H46N2O2.C20H25N3O.C4H5N/c1-6-7-8-9-10-11-12-13-14-15-16-20-17-22(28)27(23(20)29)21-18-24(2,3)26-25(4,5)19-21;1-4-23(5-2)20(24)14-9-16-15-7-6-8-17-19(15)13(11-21-17)10-18(16)22(3)12-14;1-2-4-5-3-1/h20-21,26H,6-19H2,1-5H3;6-9,11,14,18,21H,4-5,10,12H2,1-3H3;1-5H/t;14-,18-;/m.1./s1. The number of amides is 3. The minimum atomic E-state index is -0.0716. The van der Waals surface area contributed by atoms with Crippen LogP contribution in [0.1, 0.15) is 149 Å². The lowest BCUT2D eigenvalue weighted by molar-refractivity contribution is -0.144. The number of nitrogens with zero attached hydrogens (tertiary/aromatic N) is 3. The Morgan fingerprint density at radius 2 is 1.45 bits per heavy atom. The molecule has 320 valence electrons. The maximum absolute atomic E-state index is 13.0. The summed E-state index contributed by atoms with van der Waals surface area (Å²) in [5, 5.41) is 4.99. The molecule has 7 rings (SSSR count). The first kappa shape index (κ1) is 45.4. The van der Waals surface area contributed by atoms with E-state index in [1.165, 1.54) is 85.4 Å². The molecular weight excluding hydrogens is 721 g/mol. The molecule has 2 fully saturated rings. The van der Waals surface area contributed by atoms with Crippen LogP contribution in [0.15, 0.2) is 55.0 Å². The van der Waals surface area contributed by atoms with Crippen LogP contribution < -0.4 is 5.32 Å². The van der Waals surface area contributed by atoms with Crippen molar-refractivity contribution in [3.05, 3.63) is 66.1 Å². The third kappa shape index (κ3) is 11.7. The lowest BCUT2D eigenvalue weighted by Gasteiger charge is -2.48. The number of likely N-dealkylation sites (tertiary alicyclic amines) is 1. The Hall–Kier alpha value is -3.69. The first-order valence-corrected chi connectivity index (χ1v) is 22.8. The maximum Gasteiger partial charge on any atom is 0.233 e. The average molecular weight is 797 g/mol. The molecule has 3 amide bonds. The van der Waals surface area contributed by atoms with Crippen molar-refractivity contribution >= 4 is 34.2 Å². The molecule has 2 aromatic heterocycles. The van der Waals surface area contributed by atoms with Crippen LogP contribution >= 0.6 is 0 Å². The van der Waals surface area contributed by atoms with Gasteiger partial charge in [0, 0.05) is 84.6 Å². The molecule has 3 N–H and O–H groups in total. The first-order valence-electron chi connectivity index (χ1n) is 22.8. The van der Waals surface area contributed by atoms with Crippen molar-refractivity contribution in [1.82, 2.24) is 30.0 Å². The lowest BCUT2D eigenvalue weighted by Crippen LogP contribution is -2.62. The quantitative estimate of drug-likeness (QED) is 0.105. The van der Waals surface area contributed by atoms with E-state index in [1.54, 1.807) is 4.90 Å². The topological polar surface area (TPSA) is 105 Å². The molecule has 0 spiro atoms. The number of hydrogen-bond donors (Lipinski definition) is 3. The minimum Gasteiger partial charge on any atom is -0.368 e. The van der Waals surface area contributed by atoms with Crippen molar-refractivity contribution in [2.75, 3.05) is 26.7 Å². The SMILES string of the molecule is CCCCCCCCCCCCC1CC(=O)N(C2CC(C)(C)NC(C)(C)C2)C1=O.CCN(CC)C(=O)[C@@H]1C=C2c3cccc4[nH]cc(c34)C[C@H]2N(C)C1.c1cc[nH]c1. The summed E-state index contributed by atoms with van der Waals surface area (Å²) in [4.78, 5) is 50.8. The van der Waals surface area contributed by atoms with Gasteiger partial charge in [0.15, 0.2) is 0 Å². The van der Waals surface area contributed by atoms with Gasteiger partial charge in [0.25, 0.3) is 0 Å². The third-order valence-corrected chi connectivity index (χ3v) is 12.9. The fraction of sp³-hybridized carbons (Fsp3) is 0.653. The van der Waals surface area contributed by atoms with Crippen molar-refractivity contribution in [2.24, 2.45) is 11.8 Å². The maximum atomic E-state index is 13.0. The Bertz CT molecular complexity index is 1750. The number of rotatable bonds is 15. The van der Waals surface area contributed by atoms with E-state index in [-0.39, 0.29) is 46.7 Å². The van der Waals surface area contributed by atoms with Gasteiger partial charge in [-0.25, -0.2) is 0 Å². The summed E-state index contributed by atoms with van der Waals surface area (Å²) in [5.74, 6) is 0.300. The van der Waals surface area contributed by atoms with E-state index in [2.05, 4.69) is 106 Å². The van der Waals surface area contributed by atoms with Gasteiger partial charge in [-0.2, -0.15) is 0 Å². The van der Waals surface area contributed by atoms with Crippen molar-refractivity contribution in [3.8, 4) is 0 Å². The number of unbranched alkanes of at least 4 members (excludes halogenated alkanes) is 9. The average Bonchev–Trinajstić information content (AvgIpc) is 3.95. The smallest absolute Gasteiger partial charge is 0.233 e. The number of fused-ring (bicyclic) bond motifs is 2. The number of H-pyrrole nitrogens is 2. The van der Waals surface area contributed by atoms with E-state index in [0.29, 0.717) is 12.5 Å². The second-order valence-corrected chi connectivity index (χ2v) is 18.8. The second-order valence-electron chi connectivity index (χ2n) is 18.8. The molecule has 5 heterocycles. The fourth-order valence-electron chi connectivity index (χ4n) is 10.3. The molecule has 0 radical (unpaired) electrons. The monoisotopic (exact) mass is 797 g/mol. The number of aromatic amines is 2. The normalized spacial score (nSPS) is 22.4. The van der Waals surface area contributed by atoms with Crippen LogP contribution in [0.5, 0.6) is 0 Å². The van der Waals surface area contributed by atoms with Gasteiger partial charge in [-0.05, 0) is 109 Å². The zero-order valence-corrected chi connectivity index (χ0v) is 37.3. The van der Waals surface area contributed by atoms with Gasteiger partial charge in [-0.1, -0.05) is 89.3 Å². The predicted octanol–water partition coefficient (Wildman–Crippen LogP) is 9.90. The summed E-state index contributed by atoms with van der Waals surface area (Å²) in [7, 11) is 2.15. The Kier molecular flexibility index (Phi) is 16.5. The minimum absolute atomic E-state index is 0.0407. The highest BCUT2D eigenvalue weighted by atomic mass is 16.2. The molecular formula is C49H76N6O3. The molecule has 1 unspecified atom stereocenters. The highest BCUT2D eigenvalue weighted by Gasteiger charge is 2.47. The predicted molar refractivity (Wildman–Crippen MR) is 239 cm³/mol. The van der Waals surface area contributed by atoms with Crippen LogP contribution in [0.3, 0.4) is 0 Å². The van der Waals surface area contributed by atoms with Crippen molar-refractivity contribution in [2.45, 2.75) is 168 Å². The van der Waals surface area contributed by atoms with Gasteiger partial charge in [0.05, 0.1) is 5.92 Å². The third-order valence-electron chi connectivity index (χ3n) is 12.9. The molecule has 0 bridgehead atoms. The van der Waals surface area contributed by atoms with Gasteiger partial charge in [0.2, 0.25) is 17.7 Å². The number of hydrogen-bond acceptors (Lipinski definition) is 5. The highest BCUT2D eigenvalue weighted by Crippen LogP contribution is 2.41. The molecule has 3 aliphatic heterocycles. The van der Waals surface area contributed by atoms with Crippen LogP contribution in [0.4, 0.5) is 0 Å². The zero-order valence-electron chi connectivity index (χ0n) is 37.3. The van der Waals surface area contributed by atoms with Crippen molar-refractivity contribution < 1.29 is 14.4 Å². The van der Waals surface area contributed by atoms with E-state index < -0.39 is 0 Å². The van der Waals surface area contributed by atoms with E-state index in [4.69, 9.17) is 0 Å². The molecule has 1 aromatic carbocycles. The van der Waals surface area contributed by atoms with Crippen LogP contribution in [-0.2, 0) is 20.8 Å². The number of piperidine rings is 1. The number of benzene rings is 1. The molecule has 4 aliphatic rings. The zero-order chi connectivity index (χ0) is 41.9. The van der Waals surface area contributed by atoms with Gasteiger partial charge in [0.1, 0.15) is 0 Å². The molecule has 58 heavy (non-hydrogen) atoms. The first-order chi connectivity index (χ1) is 27.8. The Morgan fingerprint density at radius 1 is 0.828 bits per heavy atom. The molecule has 1 aliphatic carbocycles. The van der Waals surface area contributed by atoms with E-state index in [9.17, 15) is 14.4 Å². The van der Waals surface area contributed by atoms with Gasteiger partial charge in [-0.3, -0.25) is 24.2 Å². The second kappa shape index (κ2) is 21.0. The summed E-state index contributed by atoms with van der Waals surface area (Å²) < 4.78 is 0.